The number of carboxylic acid groups (broad SMARTS) is 1. The van der Waals surface area contributed by atoms with Crippen LogP contribution < -0.4 is 4.74 Å². The molecule has 1 N–H and O–H groups in total. The van der Waals surface area contributed by atoms with Crippen LogP contribution in [0.15, 0.2) is 17.5 Å². The van der Waals surface area contributed by atoms with E-state index in [-0.39, 0.29) is 10.9 Å². The molecule has 0 spiro atoms. The van der Waals surface area contributed by atoms with Crippen molar-refractivity contribution >= 4 is 17.3 Å². The number of halogens is 4. The van der Waals surface area contributed by atoms with Crippen LogP contribution in [0.4, 0.5) is 17.6 Å². The molecule has 0 saturated carbocycles. The van der Waals surface area contributed by atoms with Gasteiger partial charge in [0.2, 0.25) is 11.6 Å². The Morgan fingerprint density at radius 3 is 2.25 bits per heavy atom. The van der Waals surface area contributed by atoms with Crippen LogP contribution >= 0.6 is 11.3 Å². The summed E-state index contributed by atoms with van der Waals surface area (Å²) in [6.07, 6.45) is 0. The zero-order valence-corrected chi connectivity index (χ0v) is 10.4. The molecular weight excluding hydrogens is 300 g/mol. The molecule has 1 aromatic heterocycles. The zero-order valence-electron chi connectivity index (χ0n) is 9.62. The minimum Gasteiger partial charge on any atom is -0.483 e. The normalized spacial score (nSPS) is 10.6. The first kappa shape index (κ1) is 14.3. The Balaban J connectivity index is 2.20. The number of carbonyl (C=O) groups is 1. The van der Waals surface area contributed by atoms with Gasteiger partial charge in [-0.3, -0.25) is 0 Å². The number of aromatic carboxylic acids is 1. The second-order valence-electron chi connectivity index (χ2n) is 3.71. The van der Waals surface area contributed by atoms with Crippen LogP contribution in [-0.4, -0.2) is 11.1 Å². The standard InChI is InChI=1S/C12H6F4O3S/c13-6-2-7(14)10(16)11(9(6)15)19-3-5-1-8(12(17)18)20-4-5/h1-2,4H,3H2,(H,17,18). The molecule has 0 radical (unpaired) electrons. The lowest BCUT2D eigenvalue weighted by molar-refractivity contribution is 0.0702. The van der Waals surface area contributed by atoms with Crippen molar-refractivity contribution in [2.75, 3.05) is 0 Å². The Kier molecular flexibility index (Phi) is 3.93. The molecule has 20 heavy (non-hydrogen) atoms. The Hall–Kier alpha value is -2.09. The average molecular weight is 306 g/mol. The van der Waals surface area contributed by atoms with Crippen molar-refractivity contribution in [3.05, 3.63) is 51.2 Å². The second kappa shape index (κ2) is 5.49. The number of rotatable bonds is 4. The van der Waals surface area contributed by atoms with Crippen LogP contribution in [0, 0.1) is 23.3 Å². The van der Waals surface area contributed by atoms with E-state index in [9.17, 15) is 22.4 Å². The van der Waals surface area contributed by atoms with Crippen molar-refractivity contribution in [1.82, 2.24) is 0 Å². The molecule has 0 atom stereocenters. The number of carboxylic acids is 1. The lowest BCUT2D eigenvalue weighted by Crippen LogP contribution is -2.03. The van der Waals surface area contributed by atoms with E-state index in [1.807, 2.05) is 0 Å². The molecule has 0 amide bonds. The van der Waals surface area contributed by atoms with Gasteiger partial charge in [0, 0.05) is 11.6 Å². The SMILES string of the molecule is O=C(O)c1cc(COc2c(F)c(F)cc(F)c2F)cs1. The predicted octanol–water partition coefficient (Wildman–Crippen LogP) is 3.58. The van der Waals surface area contributed by atoms with E-state index in [0.29, 0.717) is 5.56 Å². The molecule has 0 unspecified atom stereocenters. The summed E-state index contributed by atoms with van der Waals surface area (Å²) in [7, 11) is 0. The molecule has 0 bridgehead atoms. The van der Waals surface area contributed by atoms with Gasteiger partial charge in [0.1, 0.15) is 11.5 Å². The molecule has 0 aliphatic heterocycles. The Morgan fingerprint density at radius 1 is 1.15 bits per heavy atom. The first-order chi connectivity index (χ1) is 9.40. The van der Waals surface area contributed by atoms with E-state index in [2.05, 4.69) is 0 Å². The molecule has 0 fully saturated rings. The molecule has 2 aromatic rings. The molecule has 1 heterocycles. The molecular formula is C12H6F4O3S. The van der Waals surface area contributed by atoms with Gasteiger partial charge in [0.05, 0.1) is 0 Å². The maximum absolute atomic E-state index is 13.3. The monoisotopic (exact) mass is 306 g/mol. The van der Waals surface area contributed by atoms with Crippen LogP contribution in [0.3, 0.4) is 0 Å². The van der Waals surface area contributed by atoms with Crippen molar-refractivity contribution in [2.45, 2.75) is 6.61 Å². The maximum atomic E-state index is 13.3. The van der Waals surface area contributed by atoms with Crippen molar-refractivity contribution in [2.24, 2.45) is 0 Å². The topological polar surface area (TPSA) is 46.5 Å². The maximum Gasteiger partial charge on any atom is 0.345 e. The minimum absolute atomic E-state index is 0.00923. The van der Waals surface area contributed by atoms with Gasteiger partial charge < -0.3 is 9.84 Å². The van der Waals surface area contributed by atoms with E-state index in [4.69, 9.17) is 9.84 Å². The summed E-state index contributed by atoms with van der Waals surface area (Å²) in [5.74, 6) is -8.76. The van der Waals surface area contributed by atoms with Crippen molar-refractivity contribution in [3.63, 3.8) is 0 Å². The molecule has 106 valence electrons. The molecule has 1 aromatic carbocycles. The van der Waals surface area contributed by atoms with Gasteiger partial charge in [-0.2, -0.15) is 8.78 Å². The van der Waals surface area contributed by atoms with E-state index in [1.165, 1.54) is 11.4 Å². The second-order valence-corrected chi connectivity index (χ2v) is 4.62. The van der Waals surface area contributed by atoms with E-state index in [1.54, 1.807) is 0 Å². The van der Waals surface area contributed by atoms with Gasteiger partial charge in [-0.05, 0) is 11.4 Å². The first-order valence-corrected chi connectivity index (χ1v) is 6.04. The first-order valence-electron chi connectivity index (χ1n) is 5.16. The third-order valence-corrected chi connectivity index (χ3v) is 3.29. The van der Waals surface area contributed by atoms with Crippen molar-refractivity contribution in [1.29, 1.82) is 0 Å². The molecule has 2 rings (SSSR count). The van der Waals surface area contributed by atoms with E-state index >= 15 is 0 Å². The molecule has 3 nitrogen and oxygen atoms in total. The van der Waals surface area contributed by atoms with Crippen LogP contribution in [-0.2, 0) is 6.61 Å². The van der Waals surface area contributed by atoms with Gasteiger partial charge in [0.15, 0.2) is 17.4 Å². The van der Waals surface area contributed by atoms with E-state index < -0.39 is 41.6 Å². The van der Waals surface area contributed by atoms with Crippen molar-refractivity contribution < 1.29 is 32.2 Å². The van der Waals surface area contributed by atoms with Gasteiger partial charge >= 0.3 is 5.97 Å². The number of hydrogen-bond donors (Lipinski definition) is 1. The Morgan fingerprint density at radius 2 is 1.75 bits per heavy atom. The fourth-order valence-corrected chi connectivity index (χ4v) is 2.13. The Labute approximate surface area is 114 Å². The molecule has 8 heteroatoms. The summed E-state index contributed by atoms with van der Waals surface area (Å²) in [6, 6.07) is 1.31. The summed E-state index contributed by atoms with van der Waals surface area (Å²) >= 11 is 0.892. The minimum atomic E-state index is -1.64. The van der Waals surface area contributed by atoms with Crippen molar-refractivity contribution in [3.8, 4) is 5.75 Å². The molecule has 0 saturated heterocycles. The van der Waals surface area contributed by atoms with Crippen LogP contribution in [0.5, 0.6) is 5.75 Å². The highest BCUT2D eigenvalue weighted by Crippen LogP contribution is 2.27. The van der Waals surface area contributed by atoms with Crippen LogP contribution in [0.1, 0.15) is 15.2 Å². The van der Waals surface area contributed by atoms with Gasteiger partial charge in [-0.1, -0.05) is 0 Å². The van der Waals surface area contributed by atoms with Gasteiger partial charge in [-0.15, -0.1) is 11.3 Å². The molecule has 0 aliphatic rings. The summed E-state index contributed by atoms with van der Waals surface area (Å²) in [4.78, 5) is 10.6. The largest absolute Gasteiger partial charge is 0.483 e. The zero-order chi connectivity index (χ0) is 14.9. The highest BCUT2D eigenvalue weighted by molar-refractivity contribution is 7.12. The van der Waals surface area contributed by atoms with Crippen LogP contribution in [0.25, 0.3) is 0 Å². The highest BCUT2D eigenvalue weighted by atomic mass is 32.1. The molecule has 0 aliphatic carbocycles. The summed E-state index contributed by atoms with van der Waals surface area (Å²) < 4.78 is 57.1. The summed E-state index contributed by atoms with van der Waals surface area (Å²) in [5.41, 5.74) is 0.316. The predicted molar refractivity (Wildman–Crippen MR) is 61.9 cm³/mol. The number of ether oxygens (including phenoxy) is 1. The fourth-order valence-electron chi connectivity index (χ4n) is 1.40. The third kappa shape index (κ3) is 2.74. The average Bonchev–Trinajstić information content (AvgIpc) is 2.85. The quantitative estimate of drug-likeness (QED) is 0.693. The fraction of sp³-hybridized carbons (Fsp3) is 0.0833. The summed E-state index contributed by atoms with van der Waals surface area (Å²) in [6.45, 7) is -0.416. The third-order valence-electron chi connectivity index (χ3n) is 2.32. The number of benzene rings is 1. The number of hydrogen-bond acceptors (Lipinski definition) is 3. The van der Waals surface area contributed by atoms with E-state index in [0.717, 1.165) is 11.3 Å². The highest BCUT2D eigenvalue weighted by Gasteiger charge is 2.20. The lowest BCUT2D eigenvalue weighted by atomic mass is 10.3. The lowest BCUT2D eigenvalue weighted by Gasteiger charge is -2.08. The smallest absolute Gasteiger partial charge is 0.345 e. The summed E-state index contributed by atoms with van der Waals surface area (Å²) in [5, 5.41) is 10.1. The van der Waals surface area contributed by atoms with Gasteiger partial charge in [0.25, 0.3) is 0 Å². The van der Waals surface area contributed by atoms with Gasteiger partial charge in [-0.25, -0.2) is 13.6 Å². The van der Waals surface area contributed by atoms with Crippen LogP contribution in [0.2, 0.25) is 0 Å². The Bertz CT molecular complexity index is 643. The number of thiophene rings is 1.